The maximum atomic E-state index is 11.8. The number of aryl methyl sites for hydroxylation is 1. The quantitative estimate of drug-likeness (QED) is 0.803. The van der Waals surface area contributed by atoms with Crippen molar-refractivity contribution in [2.24, 2.45) is 5.73 Å². The van der Waals surface area contributed by atoms with E-state index in [0.717, 1.165) is 5.56 Å². The average molecular weight is 243 g/mol. The predicted molar refractivity (Wildman–Crippen MR) is 58.6 cm³/mol. The molecule has 0 spiro atoms. The number of carboxylic acid groups (broad SMARTS) is 1. The van der Waals surface area contributed by atoms with Gasteiger partial charge in [0, 0.05) is 0 Å². The maximum absolute atomic E-state index is 11.8. The summed E-state index contributed by atoms with van der Waals surface area (Å²) in [6.45, 7) is 1.83. The van der Waals surface area contributed by atoms with Crippen LogP contribution in [0.25, 0.3) is 0 Å². The van der Waals surface area contributed by atoms with E-state index in [1.54, 1.807) is 12.1 Å². The van der Waals surface area contributed by atoms with Gasteiger partial charge in [-0.15, -0.1) is 0 Å². The lowest BCUT2D eigenvalue weighted by molar-refractivity contribution is -0.137. The lowest BCUT2D eigenvalue weighted by Gasteiger charge is -2.10. The SMILES string of the molecule is Cc1ccc(S(=O)(=O)C(N)CC(=O)O)cc1. The first-order chi connectivity index (χ1) is 7.34. The summed E-state index contributed by atoms with van der Waals surface area (Å²) in [5.74, 6) is -1.23. The summed E-state index contributed by atoms with van der Waals surface area (Å²) in [6, 6.07) is 6.12. The van der Waals surface area contributed by atoms with Crippen molar-refractivity contribution in [2.45, 2.75) is 23.6 Å². The fourth-order valence-corrected chi connectivity index (χ4v) is 2.41. The van der Waals surface area contributed by atoms with Crippen LogP contribution in [0.4, 0.5) is 0 Å². The van der Waals surface area contributed by atoms with Gasteiger partial charge in [0.1, 0.15) is 5.37 Å². The highest BCUT2D eigenvalue weighted by molar-refractivity contribution is 7.92. The summed E-state index contributed by atoms with van der Waals surface area (Å²) >= 11 is 0. The summed E-state index contributed by atoms with van der Waals surface area (Å²) in [6.07, 6.45) is -0.601. The number of aliphatic carboxylic acids is 1. The minimum Gasteiger partial charge on any atom is -0.481 e. The molecular weight excluding hydrogens is 230 g/mol. The molecule has 0 heterocycles. The van der Waals surface area contributed by atoms with Crippen molar-refractivity contribution in [3.05, 3.63) is 29.8 Å². The van der Waals surface area contributed by atoms with Crippen LogP contribution in [0.3, 0.4) is 0 Å². The largest absolute Gasteiger partial charge is 0.481 e. The first-order valence-electron chi connectivity index (χ1n) is 4.62. The van der Waals surface area contributed by atoms with Crippen molar-refractivity contribution in [3.8, 4) is 0 Å². The number of sulfone groups is 1. The first-order valence-corrected chi connectivity index (χ1v) is 6.16. The van der Waals surface area contributed by atoms with Gasteiger partial charge in [0.05, 0.1) is 11.3 Å². The van der Waals surface area contributed by atoms with Crippen molar-refractivity contribution in [1.29, 1.82) is 0 Å². The Hall–Kier alpha value is -1.40. The molecule has 0 bridgehead atoms. The van der Waals surface area contributed by atoms with Crippen molar-refractivity contribution < 1.29 is 18.3 Å². The van der Waals surface area contributed by atoms with E-state index in [4.69, 9.17) is 10.8 Å². The summed E-state index contributed by atoms with van der Waals surface area (Å²) in [5, 5.41) is 7.08. The maximum Gasteiger partial charge on any atom is 0.306 e. The molecule has 1 aromatic carbocycles. The van der Waals surface area contributed by atoms with E-state index in [1.165, 1.54) is 12.1 Å². The second-order valence-electron chi connectivity index (χ2n) is 3.49. The van der Waals surface area contributed by atoms with Gasteiger partial charge in [-0.2, -0.15) is 0 Å². The molecule has 0 aliphatic heterocycles. The van der Waals surface area contributed by atoms with E-state index in [9.17, 15) is 13.2 Å². The fourth-order valence-electron chi connectivity index (χ4n) is 1.18. The van der Waals surface area contributed by atoms with Crippen LogP contribution >= 0.6 is 0 Å². The summed E-state index contributed by atoms with van der Waals surface area (Å²) < 4.78 is 23.6. The third-order valence-electron chi connectivity index (χ3n) is 2.12. The van der Waals surface area contributed by atoms with Crippen LogP contribution in [-0.4, -0.2) is 24.9 Å². The van der Waals surface area contributed by atoms with Gasteiger partial charge in [-0.1, -0.05) is 17.7 Å². The van der Waals surface area contributed by atoms with Crippen LogP contribution in [0, 0.1) is 6.92 Å². The second kappa shape index (κ2) is 4.63. The van der Waals surface area contributed by atoms with Gasteiger partial charge in [-0.25, -0.2) is 8.42 Å². The molecule has 5 nitrogen and oxygen atoms in total. The summed E-state index contributed by atoms with van der Waals surface area (Å²) in [4.78, 5) is 10.4. The number of hydrogen-bond donors (Lipinski definition) is 2. The van der Waals surface area contributed by atoms with E-state index in [-0.39, 0.29) is 4.90 Å². The summed E-state index contributed by atoms with van der Waals surface area (Å²) in [5.41, 5.74) is 6.28. The van der Waals surface area contributed by atoms with Crippen LogP contribution < -0.4 is 5.73 Å². The fraction of sp³-hybridized carbons (Fsp3) is 0.300. The van der Waals surface area contributed by atoms with Gasteiger partial charge in [0.15, 0.2) is 9.84 Å². The second-order valence-corrected chi connectivity index (χ2v) is 5.66. The van der Waals surface area contributed by atoms with E-state index in [2.05, 4.69) is 0 Å². The highest BCUT2D eigenvalue weighted by Gasteiger charge is 2.25. The minimum atomic E-state index is -3.75. The van der Waals surface area contributed by atoms with Gasteiger partial charge >= 0.3 is 5.97 Å². The first kappa shape index (κ1) is 12.7. The molecule has 0 amide bonds. The van der Waals surface area contributed by atoms with E-state index in [0.29, 0.717) is 0 Å². The van der Waals surface area contributed by atoms with Gasteiger partial charge < -0.3 is 10.8 Å². The molecule has 0 aliphatic rings. The van der Waals surface area contributed by atoms with E-state index < -0.39 is 27.6 Å². The molecule has 1 aromatic rings. The molecule has 0 radical (unpaired) electrons. The van der Waals surface area contributed by atoms with Crippen molar-refractivity contribution in [2.75, 3.05) is 0 Å². The zero-order chi connectivity index (χ0) is 12.3. The minimum absolute atomic E-state index is 0.0480. The molecular formula is C10H13NO4S. The standard InChI is InChI=1S/C10H13NO4S/c1-7-2-4-8(5-3-7)16(14,15)9(11)6-10(12)13/h2-5,9H,6,11H2,1H3,(H,12,13). The van der Waals surface area contributed by atoms with Gasteiger partial charge in [-0.3, -0.25) is 4.79 Å². The third-order valence-corrected chi connectivity index (χ3v) is 4.02. The van der Waals surface area contributed by atoms with Gasteiger partial charge in [0.2, 0.25) is 0 Å². The number of benzene rings is 1. The van der Waals surface area contributed by atoms with Crippen LogP contribution in [-0.2, 0) is 14.6 Å². The molecule has 1 unspecified atom stereocenters. The number of carboxylic acids is 1. The van der Waals surface area contributed by atoms with Crippen molar-refractivity contribution >= 4 is 15.8 Å². The zero-order valence-electron chi connectivity index (χ0n) is 8.75. The molecule has 16 heavy (non-hydrogen) atoms. The molecule has 88 valence electrons. The number of nitrogens with two attached hydrogens (primary N) is 1. The van der Waals surface area contributed by atoms with Crippen LogP contribution in [0.5, 0.6) is 0 Å². The smallest absolute Gasteiger partial charge is 0.306 e. The molecule has 0 saturated carbocycles. The number of rotatable bonds is 4. The molecule has 0 saturated heterocycles. The van der Waals surface area contributed by atoms with Crippen LogP contribution in [0.1, 0.15) is 12.0 Å². The molecule has 6 heteroatoms. The Kier molecular flexibility index (Phi) is 3.66. The summed E-state index contributed by atoms with van der Waals surface area (Å²) in [7, 11) is -3.75. The lowest BCUT2D eigenvalue weighted by Crippen LogP contribution is -2.33. The lowest BCUT2D eigenvalue weighted by atomic mass is 10.2. The molecule has 0 fully saturated rings. The third kappa shape index (κ3) is 2.80. The topological polar surface area (TPSA) is 97.5 Å². The average Bonchev–Trinajstić information content (AvgIpc) is 2.17. The van der Waals surface area contributed by atoms with Crippen LogP contribution in [0.2, 0.25) is 0 Å². The van der Waals surface area contributed by atoms with E-state index >= 15 is 0 Å². The molecule has 3 N–H and O–H groups in total. The zero-order valence-corrected chi connectivity index (χ0v) is 9.57. The highest BCUT2D eigenvalue weighted by atomic mass is 32.2. The van der Waals surface area contributed by atoms with Crippen molar-refractivity contribution in [1.82, 2.24) is 0 Å². The van der Waals surface area contributed by atoms with E-state index in [1.807, 2.05) is 6.92 Å². The number of hydrogen-bond acceptors (Lipinski definition) is 4. The highest BCUT2D eigenvalue weighted by Crippen LogP contribution is 2.16. The van der Waals surface area contributed by atoms with Gasteiger partial charge in [-0.05, 0) is 19.1 Å². The monoisotopic (exact) mass is 243 g/mol. The Balaban J connectivity index is 3.02. The Morgan fingerprint density at radius 3 is 2.31 bits per heavy atom. The molecule has 0 aromatic heterocycles. The Bertz CT molecular complexity index is 478. The number of carbonyl (C=O) groups is 1. The normalized spacial score (nSPS) is 13.4. The Labute approximate surface area is 93.8 Å². The molecule has 1 rings (SSSR count). The van der Waals surface area contributed by atoms with Gasteiger partial charge in [0.25, 0.3) is 0 Å². The Morgan fingerprint density at radius 2 is 1.88 bits per heavy atom. The molecule has 0 aliphatic carbocycles. The van der Waals surface area contributed by atoms with Crippen LogP contribution in [0.15, 0.2) is 29.2 Å². The molecule has 1 atom stereocenters. The van der Waals surface area contributed by atoms with Crippen molar-refractivity contribution in [3.63, 3.8) is 0 Å². The Morgan fingerprint density at radius 1 is 1.38 bits per heavy atom. The predicted octanol–water partition coefficient (Wildman–Crippen LogP) is 0.528.